The van der Waals surface area contributed by atoms with Gasteiger partial charge in [-0.1, -0.05) is 60.3 Å². The number of nitrogens with one attached hydrogen (secondary N) is 1. The van der Waals surface area contributed by atoms with Gasteiger partial charge in [-0.2, -0.15) is 0 Å². The highest BCUT2D eigenvalue weighted by atomic mass is 14.9. The molecule has 0 aliphatic carbocycles. The first kappa shape index (κ1) is 16.0. The van der Waals surface area contributed by atoms with Crippen molar-refractivity contribution in [2.45, 2.75) is 73.1 Å². The maximum absolute atomic E-state index is 3.60. The van der Waals surface area contributed by atoms with Gasteiger partial charge in [-0.15, -0.1) is 0 Å². The van der Waals surface area contributed by atoms with Crippen molar-refractivity contribution in [1.82, 2.24) is 5.32 Å². The highest BCUT2D eigenvalue weighted by Crippen LogP contribution is 2.40. The van der Waals surface area contributed by atoms with Crippen molar-refractivity contribution in [1.29, 1.82) is 0 Å². The smallest absolute Gasteiger partial charge is 0.00102 e. The average molecular weight is 227 g/mol. The molecule has 0 radical (unpaired) electrons. The third-order valence-electron chi connectivity index (χ3n) is 4.31. The van der Waals surface area contributed by atoms with Crippen LogP contribution in [0.15, 0.2) is 0 Å². The molecule has 0 amide bonds. The lowest BCUT2D eigenvalue weighted by atomic mass is 9.67. The maximum Gasteiger partial charge on any atom is 0.00102 e. The molecule has 16 heavy (non-hydrogen) atoms. The molecule has 0 aromatic heterocycles. The second-order valence-electron chi connectivity index (χ2n) is 5.11. The molecule has 0 aromatic carbocycles. The van der Waals surface area contributed by atoms with Crippen LogP contribution in [0.2, 0.25) is 0 Å². The van der Waals surface area contributed by atoms with Gasteiger partial charge in [-0.05, 0) is 30.7 Å². The molecule has 0 saturated heterocycles. The van der Waals surface area contributed by atoms with Gasteiger partial charge in [0.15, 0.2) is 0 Å². The molecule has 1 heteroatoms. The van der Waals surface area contributed by atoms with Crippen molar-refractivity contribution in [3.8, 4) is 0 Å². The Morgan fingerprint density at radius 1 is 1.00 bits per heavy atom. The lowest BCUT2D eigenvalue weighted by Gasteiger charge is -2.40. The monoisotopic (exact) mass is 227 g/mol. The summed E-state index contributed by atoms with van der Waals surface area (Å²) in [5.41, 5.74) is 0.551. The Hall–Kier alpha value is -0.0400. The Morgan fingerprint density at radius 3 is 2.00 bits per heavy atom. The molecule has 0 aliphatic rings. The first-order valence-corrected chi connectivity index (χ1v) is 7.41. The van der Waals surface area contributed by atoms with Crippen LogP contribution in [-0.4, -0.2) is 13.1 Å². The van der Waals surface area contributed by atoms with Crippen LogP contribution in [0.5, 0.6) is 0 Å². The second-order valence-corrected chi connectivity index (χ2v) is 5.11. The maximum atomic E-state index is 3.60. The number of hydrogen-bond acceptors (Lipinski definition) is 1. The molecule has 0 bridgehead atoms. The molecule has 0 fully saturated rings. The predicted molar refractivity (Wildman–Crippen MR) is 74.9 cm³/mol. The summed E-state index contributed by atoms with van der Waals surface area (Å²) in [7, 11) is 0. The van der Waals surface area contributed by atoms with Gasteiger partial charge in [0.25, 0.3) is 0 Å². The Balaban J connectivity index is 4.62. The summed E-state index contributed by atoms with van der Waals surface area (Å²) in [6, 6.07) is 0. The lowest BCUT2D eigenvalue weighted by Crippen LogP contribution is -2.40. The molecule has 1 nitrogen and oxygen atoms in total. The molecule has 0 aliphatic heterocycles. The van der Waals surface area contributed by atoms with Crippen molar-refractivity contribution in [3.63, 3.8) is 0 Å². The molecular weight excluding hydrogens is 194 g/mol. The Labute approximate surface area is 103 Å². The van der Waals surface area contributed by atoms with Crippen molar-refractivity contribution < 1.29 is 0 Å². The Morgan fingerprint density at radius 2 is 1.62 bits per heavy atom. The Bertz CT molecular complexity index is 142. The molecule has 0 spiro atoms. The molecule has 0 saturated carbocycles. The second kappa shape index (κ2) is 9.04. The fraction of sp³-hybridized carbons (Fsp3) is 1.00. The predicted octanol–water partition coefficient (Wildman–Crippen LogP) is 4.62. The third-order valence-corrected chi connectivity index (χ3v) is 4.31. The summed E-state index contributed by atoms with van der Waals surface area (Å²) in [6.45, 7) is 13.9. The summed E-state index contributed by atoms with van der Waals surface area (Å²) in [5.74, 6) is 0.892. The summed E-state index contributed by atoms with van der Waals surface area (Å²) < 4.78 is 0. The van der Waals surface area contributed by atoms with Crippen LogP contribution < -0.4 is 5.32 Å². The zero-order valence-corrected chi connectivity index (χ0v) is 12.2. The van der Waals surface area contributed by atoms with E-state index in [0.29, 0.717) is 5.41 Å². The average Bonchev–Trinajstić information content (AvgIpc) is 2.33. The van der Waals surface area contributed by atoms with Gasteiger partial charge in [-0.25, -0.2) is 0 Å². The largest absolute Gasteiger partial charge is 0.316 e. The minimum Gasteiger partial charge on any atom is -0.316 e. The quantitative estimate of drug-likeness (QED) is 0.574. The Kier molecular flexibility index (Phi) is 9.02. The zero-order valence-electron chi connectivity index (χ0n) is 12.2. The van der Waals surface area contributed by atoms with Crippen LogP contribution in [0.25, 0.3) is 0 Å². The van der Waals surface area contributed by atoms with E-state index in [0.717, 1.165) is 12.5 Å². The van der Waals surface area contributed by atoms with E-state index < -0.39 is 0 Å². The van der Waals surface area contributed by atoms with Crippen molar-refractivity contribution in [3.05, 3.63) is 0 Å². The topological polar surface area (TPSA) is 12.0 Å². The number of rotatable bonds is 10. The van der Waals surface area contributed by atoms with E-state index in [1.807, 2.05) is 0 Å². The van der Waals surface area contributed by atoms with Crippen LogP contribution in [0.3, 0.4) is 0 Å². The normalized spacial score (nSPS) is 15.4. The van der Waals surface area contributed by atoms with E-state index in [4.69, 9.17) is 0 Å². The zero-order chi connectivity index (χ0) is 12.4. The van der Waals surface area contributed by atoms with E-state index in [2.05, 4.69) is 39.9 Å². The minimum atomic E-state index is 0.551. The fourth-order valence-electron chi connectivity index (χ4n) is 3.08. The standard InChI is InChI=1S/C15H33N/c1-6-11-12-15(9-4,13-16-10-5)14(7-2)8-3/h14,16H,6-13H2,1-5H3. The summed E-state index contributed by atoms with van der Waals surface area (Å²) in [4.78, 5) is 0. The van der Waals surface area contributed by atoms with Gasteiger partial charge in [-0.3, -0.25) is 0 Å². The molecule has 0 aromatic rings. The van der Waals surface area contributed by atoms with Gasteiger partial charge in [0.05, 0.1) is 0 Å². The van der Waals surface area contributed by atoms with Crippen LogP contribution in [0, 0.1) is 11.3 Å². The van der Waals surface area contributed by atoms with Crippen molar-refractivity contribution in [2.24, 2.45) is 11.3 Å². The van der Waals surface area contributed by atoms with Crippen LogP contribution >= 0.6 is 0 Å². The van der Waals surface area contributed by atoms with Gasteiger partial charge in [0.1, 0.15) is 0 Å². The van der Waals surface area contributed by atoms with Crippen LogP contribution in [0.4, 0.5) is 0 Å². The van der Waals surface area contributed by atoms with Gasteiger partial charge >= 0.3 is 0 Å². The first-order chi connectivity index (χ1) is 7.70. The number of hydrogen-bond donors (Lipinski definition) is 1. The summed E-state index contributed by atoms with van der Waals surface area (Å²) >= 11 is 0. The molecule has 1 atom stereocenters. The minimum absolute atomic E-state index is 0.551. The van der Waals surface area contributed by atoms with E-state index in [9.17, 15) is 0 Å². The summed E-state index contributed by atoms with van der Waals surface area (Å²) in [6.07, 6.45) is 8.11. The van der Waals surface area contributed by atoms with E-state index in [1.54, 1.807) is 0 Å². The van der Waals surface area contributed by atoms with Gasteiger partial charge in [0, 0.05) is 6.54 Å². The lowest BCUT2D eigenvalue weighted by molar-refractivity contribution is 0.119. The molecule has 1 unspecified atom stereocenters. The molecule has 0 rings (SSSR count). The van der Waals surface area contributed by atoms with Crippen LogP contribution in [0.1, 0.15) is 73.1 Å². The molecule has 1 N–H and O–H groups in total. The van der Waals surface area contributed by atoms with Gasteiger partial charge in [0.2, 0.25) is 0 Å². The number of unbranched alkanes of at least 4 members (excludes halogenated alkanes) is 1. The highest BCUT2D eigenvalue weighted by molar-refractivity contribution is 4.86. The highest BCUT2D eigenvalue weighted by Gasteiger charge is 2.33. The van der Waals surface area contributed by atoms with Crippen molar-refractivity contribution >= 4 is 0 Å². The SMILES string of the molecule is CCCCC(CC)(CNCC)C(CC)CC. The van der Waals surface area contributed by atoms with E-state index >= 15 is 0 Å². The van der Waals surface area contributed by atoms with Gasteiger partial charge < -0.3 is 5.32 Å². The van der Waals surface area contributed by atoms with Crippen molar-refractivity contribution in [2.75, 3.05) is 13.1 Å². The van der Waals surface area contributed by atoms with E-state index in [1.165, 1.54) is 45.1 Å². The first-order valence-electron chi connectivity index (χ1n) is 7.41. The van der Waals surface area contributed by atoms with E-state index in [-0.39, 0.29) is 0 Å². The van der Waals surface area contributed by atoms with Crippen LogP contribution in [-0.2, 0) is 0 Å². The molecule has 98 valence electrons. The fourth-order valence-corrected chi connectivity index (χ4v) is 3.08. The third kappa shape index (κ3) is 4.45. The molecule has 0 heterocycles. The molecular formula is C15H33N. The summed E-state index contributed by atoms with van der Waals surface area (Å²) in [5, 5.41) is 3.60.